The SMILES string of the molecule is CC1CCCCN1C(CN)C1CCCCC1. The normalized spacial score (nSPS) is 31.5. The van der Waals surface area contributed by atoms with E-state index in [9.17, 15) is 0 Å². The van der Waals surface area contributed by atoms with E-state index in [2.05, 4.69) is 11.8 Å². The molecule has 2 atom stereocenters. The third-order valence-electron chi connectivity index (χ3n) is 4.72. The molecule has 0 spiro atoms. The minimum atomic E-state index is 0.676. The van der Waals surface area contributed by atoms with E-state index in [1.807, 2.05) is 0 Å². The summed E-state index contributed by atoms with van der Waals surface area (Å²) in [7, 11) is 0. The highest BCUT2D eigenvalue weighted by Gasteiger charge is 2.31. The number of hydrogen-bond donors (Lipinski definition) is 1. The molecule has 2 unspecified atom stereocenters. The number of rotatable bonds is 3. The Kier molecular flexibility index (Phi) is 4.66. The summed E-state index contributed by atoms with van der Waals surface area (Å²) < 4.78 is 0. The number of nitrogens with two attached hydrogens (primary N) is 1. The standard InChI is InChI=1S/C14H28N2/c1-12-7-5-6-10-16(12)14(11-15)13-8-3-2-4-9-13/h12-14H,2-11,15H2,1H3. The van der Waals surface area contributed by atoms with Gasteiger partial charge in [0, 0.05) is 18.6 Å². The largest absolute Gasteiger partial charge is 0.329 e. The molecule has 2 heteroatoms. The highest BCUT2D eigenvalue weighted by molar-refractivity contribution is 4.87. The van der Waals surface area contributed by atoms with Crippen molar-refractivity contribution < 1.29 is 0 Å². The topological polar surface area (TPSA) is 29.3 Å². The second-order valence-corrected chi connectivity index (χ2v) is 5.78. The second kappa shape index (κ2) is 6.02. The van der Waals surface area contributed by atoms with Gasteiger partial charge in [-0.05, 0) is 45.1 Å². The van der Waals surface area contributed by atoms with Crippen LogP contribution in [0.15, 0.2) is 0 Å². The molecule has 16 heavy (non-hydrogen) atoms. The van der Waals surface area contributed by atoms with Crippen molar-refractivity contribution in [2.45, 2.75) is 70.4 Å². The molecule has 2 N–H and O–H groups in total. The van der Waals surface area contributed by atoms with Crippen LogP contribution in [-0.4, -0.2) is 30.1 Å². The number of hydrogen-bond acceptors (Lipinski definition) is 2. The van der Waals surface area contributed by atoms with Gasteiger partial charge in [-0.1, -0.05) is 25.7 Å². The molecule has 1 heterocycles. The Morgan fingerprint density at radius 2 is 1.75 bits per heavy atom. The van der Waals surface area contributed by atoms with Crippen molar-refractivity contribution in [1.82, 2.24) is 4.90 Å². The minimum Gasteiger partial charge on any atom is -0.329 e. The average molecular weight is 224 g/mol. The summed E-state index contributed by atoms with van der Waals surface area (Å²) in [5.74, 6) is 0.888. The predicted octanol–water partition coefficient (Wildman–Crippen LogP) is 2.77. The van der Waals surface area contributed by atoms with Gasteiger partial charge < -0.3 is 5.73 Å². The maximum absolute atomic E-state index is 6.06. The first-order chi connectivity index (χ1) is 7.83. The molecule has 1 aliphatic heterocycles. The van der Waals surface area contributed by atoms with Gasteiger partial charge in [-0.15, -0.1) is 0 Å². The summed E-state index contributed by atoms with van der Waals surface area (Å²) in [4.78, 5) is 2.72. The molecule has 0 amide bonds. The first-order valence-corrected chi connectivity index (χ1v) is 7.28. The quantitative estimate of drug-likeness (QED) is 0.798. The van der Waals surface area contributed by atoms with E-state index in [0.717, 1.165) is 18.5 Å². The highest BCUT2D eigenvalue weighted by Crippen LogP contribution is 2.31. The summed E-state index contributed by atoms with van der Waals surface area (Å²) in [6.07, 6.45) is 11.3. The van der Waals surface area contributed by atoms with Gasteiger partial charge in [-0.25, -0.2) is 0 Å². The van der Waals surface area contributed by atoms with E-state index in [0.29, 0.717) is 6.04 Å². The van der Waals surface area contributed by atoms with Crippen molar-refractivity contribution in [3.8, 4) is 0 Å². The van der Waals surface area contributed by atoms with Crippen LogP contribution in [0.25, 0.3) is 0 Å². The van der Waals surface area contributed by atoms with Gasteiger partial charge in [0.05, 0.1) is 0 Å². The first kappa shape index (κ1) is 12.4. The fraction of sp³-hybridized carbons (Fsp3) is 1.00. The van der Waals surface area contributed by atoms with Gasteiger partial charge in [-0.3, -0.25) is 4.90 Å². The zero-order chi connectivity index (χ0) is 11.4. The van der Waals surface area contributed by atoms with Gasteiger partial charge in [0.25, 0.3) is 0 Å². The highest BCUT2D eigenvalue weighted by atomic mass is 15.2. The van der Waals surface area contributed by atoms with Gasteiger partial charge in [0.1, 0.15) is 0 Å². The van der Waals surface area contributed by atoms with Gasteiger partial charge in [-0.2, -0.15) is 0 Å². The van der Waals surface area contributed by atoms with E-state index in [1.165, 1.54) is 57.9 Å². The van der Waals surface area contributed by atoms with Crippen LogP contribution >= 0.6 is 0 Å². The lowest BCUT2D eigenvalue weighted by Crippen LogP contribution is -2.52. The smallest absolute Gasteiger partial charge is 0.0249 e. The van der Waals surface area contributed by atoms with Crippen LogP contribution in [0.3, 0.4) is 0 Å². The molecule has 2 rings (SSSR count). The fourth-order valence-electron chi connectivity index (χ4n) is 3.73. The summed E-state index contributed by atoms with van der Waals surface area (Å²) in [5.41, 5.74) is 6.06. The summed E-state index contributed by atoms with van der Waals surface area (Å²) in [6, 6.07) is 1.44. The monoisotopic (exact) mass is 224 g/mol. The molecule has 1 saturated heterocycles. The Hall–Kier alpha value is -0.0800. The molecular weight excluding hydrogens is 196 g/mol. The zero-order valence-corrected chi connectivity index (χ0v) is 10.8. The third kappa shape index (κ3) is 2.78. The molecule has 0 aromatic heterocycles. The van der Waals surface area contributed by atoms with Crippen LogP contribution in [0.2, 0.25) is 0 Å². The Morgan fingerprint density at radius 1 is 1.06 bits per heavy atom. The van der Waals surface area contributed by atoms with Crippen LogP contribution in [-0.2, 0) is 0 Å². The molecule has 1 aliphatic carbocycles. The van der Waals surface area contributed by atoms with E-state index < -0.39 is 0 Å². The summed E-state index contributed by atoms with van der Waals surface area (Å²) in [5, 5.41) is 0. The van der Waals surface area contributed by atoms with Gasteiger partial charge >= 0.3 is 0 Å². The summed E-state index contributed by atoms with van der Waals surface area (Å²) >= 11 is 0. The second-order valence-electron chi connectivity index (χ2n) is 5.78. The molecular formula is C14H28N2. The van der Waals surface area contributed by atoms with Crippen LogP contribution < -0.4 is 5.73 Å². The van der Waals surface area contributed by atoms with E-state index >= 15 is 0 Å². The van der Waals surface area contributed by atoms with Crippen molar-refractivity contribution in [2.75, 3.05) is 13.1 Å². The van der Waals surface area contributed by atoms with E-state index in [4.69, 9.17) is 5.73 Å². The molecule has 0 radical (unpaired) electrons. The predicted molar refractivity (Wildman–Crippen MR) is 69.4 cm³/mol. The van der Waals surface area contributed by atoms with Crippen molar-refractivity contribution in [2.24, 2.45) is 11.7 Å². The molecule has 2 fully saturated rings. The molecule has 0 bridgehead atoms. The number of likely N-dealkylation sites (tertiary alicyclic amines) is 1. The zero-order valence-electron chi connectivity index (χ0n) is 10.8. The van der Waals surface area contributed by atoms with Crippen LogP contribution in [0.1, 0.15) is 58.3 Å². The van der Waals surface area contributed by atoms with Crippen LogP contribution in [0, 0.1) is 5.92 Å². The molecule has 1 saturated carbocycles. The Bertz CT molecular complexity index is 199. The molecule has 94 valence electrons. The van der Waals surface area contributed by atoms with E-state index in [1.54, 1.807) is 0 Å². The Morgan fingerprint density at radius 3 is 2.38 bits per heavy atom. The van der Waals surface area contributed by atoms with Crippen molar-refractivity contribution in [3.05, 3.63) is 0 Å². The lowest BCUT2D eigenvalue weighted by molar-refractivity contribution is 0.0607. The third-order valence-corrected chi connectivity index (χ3v) is 4.72. The van der Waals surface area contributed by atoms with Crippen molar-refractivity contribution >= 4 is 0 Å². The van der Waals surface area contributed by atoms with Gasteiger partial charge in [0.2, 0.25) is 0 Å². The summed E-state index contributed by atoms with van der Waals surface area (Å²) in [6.45, 7) is 4.55. The first-order valence-electron chi connectivity index (χ1n) is 7.28. The fourth-order valence-corrected chi connectivity index (χ4v) is 3.73. The lowest BCUT2D eigenvalue weighted by atomic mass is 9.82. The molecule has 2 aliphatic rings. The van der Waals surface area contributed by atoms with E-state index in [-0.39, 0.29) is 0 Å². The number of nitrogens with zero attached hydrogens (tertiary/aromatic N) is 1. The molecule has 2 nitrogen and oxygen atoms in total. The lowest BCUT2D eigenvalue weighted by Gasteiger charge is -2.43. The van der Waals surface area contributed by atoms with Crippen LogP contribution in [0.5, 0.6) is 0 Å². The van der Waals surface area contributed by atoms with Crippen molar-refractivity contribution in [3.63, 3.8) is 0 Å². The van der Waals surface area contributed by atoms with Crippen molar-refractivity contribution in [1.29, 1.82) is 0 Å². The molecule has 0 aromatic carbocycles. The van der Waals surface area contributed by atoms with Crippen LogP contribution in [0.4, 0.5) is 0 Å². The maximum atomic E-state index is 6.06. The molecule has 0 aromatic rings. The minimum absolute atomic E-state index is 0.676. The Labute approximate surface area is 101 Å². The Balaban J connectivity index is 1.96. The average Bonchev–Trinajstić information content (AvgIpc) is 2.34. The maximum Gasteiger partial charge on any atom is 0.0249 e. The van der Waals surface area contributed by atoms with Gasteiger partial charge in [0.15, 0.2) is 0 Å². The number of piperidine rings is 1.